The molecule has 1 aromatic heterocycles. The van der Waals surface area contributed by atoms with Crippen LogP contribution in [0.5, 0.6) is 5.88 Å². The van der Waals surface area contributed by atoms with Gasteiger partial charge in [0.1, 0.15) is 4.90 Å². The molecule has 0 radical (unpaired) electrons. The van der Waals surface area contributed by atoms with Crippen molar-refractivity contribution in [3.63, 3.8) is 0 Å². The van der Waals surface area contributed by atoms with Crippen molar-refractivity contribution in [1.29, 1.82) is 0 Å². The number of nitrogens with two attached hydrogens (primary N) is 1. The van der Waals surface area contributed by atoms with Crippen LogP contribution in [-0.4, -0.2) is 33.1 Å². The molecule has 2 heterocycles. The Bertz CT molecular complexity index is 1190. The Morgan fingerprint density at radius 1 is 1.32 bits per heavy atom. The smallest absolute Gasteiger partial charge is 0.354 e. The second kappa shape index (κ2) is 7.56. The molecule has 8 nitrogen and oxygen atoms in total. The largest absolute Gasteiger partial charge is 0.477 e. The van der Waals surface area contributed by atoms with Crippen LogP contribution in [0, 0.1) is 0 Å². The first kappa shape index (κ1) is 20.4. The Morgan fingerprint density at radius 3 is 2.97 bits per heavy atom. The molecule has 11 heteroatoms. The molecular weight excluding hydrogens is 428 g/mol. The number of hydrogen-bond donors (Lipinski definition) is 2. The minimum absolute atomic E-state index is 0.0522. The number of urea groups is 1. The number of amides is 2. The highest BCUT2D eigenvalue weighted by atomic mass is 32.2. The van der Waals surface area contributed by atoms with Crippen LogP contribution in [-0.2, 0) is 35.7 Å². The van der Waals surface area contributed by atoms with E-state index in [9.17, 15) is 17.8 Å². The summed E-state index contributed by atoms with van der Waals surface area (Å²) in [5.41, 5.74) is 3.65. The number of carbonyl (C=O) groups excluding carboxylic acids is 1. The van der Waals surface area contributed by atoms with Crippen molar-refractivity contribution < 1.29 is 22.5 Å². The van der Waals surface area contributed by atoms with Gasteiger partial charge in [-0.05, 0) is 54.4 Å². The van der Waals surface area contributed by atoms with Crippen LogP contribution in [0.15, 0.2) is 21.5 Å². The first-order valence-electron chi connectivity index (χ1n) is 10.4. The van der Waals surface area contributed by atoms with Gasteiger partial charge in [0, 0.05) is 24.6 Å². The van der Waals surface area contributed by atoms with Gasteiger partial charge < -0.3 is 10.1 Å². The highest BCUT2D eigenvalue weighted by Crippen LogP contribution is 2.46. The van der Waals surface area contributed by atoms with Gasteiger partial charge in [-0.15, -0.1) is 4.36 Å². The predicted octanol–water partition coefficient (Wildman–Crippen LogP) is 3.38. The zero-order chi connectivity index (χ0) is 21.8. The van der Waals surface area contributed by atoms with E-state index < -0.39 is 28.3 Å². The molecule has 0 unspecified atom stereocenters. The van der Waals surface area contributed by atoms with Crippen molar-refractivity contribution in [2.45, 2.75) is 62.3 Å². The number of ether oxygens (including phenoxy) is 1. The molecule has 1 aromatic carbocycles. The summed E-state index contributed by atoms with van der Waals surface area (Å²) in [6.45, 7) is 1.02. The van der Waals surface area contributed by atoms with Crippen LogP contribution >= 0.6 is 0 Å². The lowest BCUT2D eigenvalue weighted by Gasteiger charge is -2.19. The Hall–Kier alpha value is -2.53. The standard InChI is InChI=1S/C20H23F2N5O3S/c21-18(22)14-6-5-12-9-11-3-1-4-13(11)17(16(12)14)25-20(28)26-31(23,29)15-10-24-27-7-2-8-30-19(15)27/h9-10,14,18H,1-8H2,(H3,23,25,26,28,29)/t14-,31+/m1/s1. The second-order valence-corrected chi connectivity index (χ2v) is 9.88. The Kier molecular flexibility index (Phi) is 4.97. The van der Waals surface area contributed by atoms with Gasteiger partial charge in [-0.1, -0.05) is 6.07 Å². The quantitative estimate of drug-likeness (QED) is 0.745. The molecule has 2 aromatic rings. The number of hydrogen-bond acceptors (Lipinski definition) is 4. The van der Waals surface area contributed by atoms with Crippen molar-refractivity contribution in [2.24, 2.45) is 9.50 Å². The minimum Gasteiger partial charge on any atom is -0.477 e. The number of carbonyl (C=O) groups is 1. The Morgan fingerprint density at radius 2 is 2.16 bits per heavy atom. The fourth-order valence-corrected chi connectivity index (χ4v) is 5.85. The predicted molar refractivity (Wildman–Crippen MR) is 110 cm³/mol. The molecular formula is C20H23F2N5O3S. The summed E-state index contributed by atoms with van der Waals surface area (Å²) in [5.74, 6) is -0.691. The first-order valence-corrected chi connectivity index (χ1v) is 11.9. The number of aromatic nitrogens is 2. The monoisotopic (exact) mass is 451 g/mol. The lowest BCUT2D eigenvalue weighted by molar-refractivity contribution is 0.114. The normalized spacial score (nSPS) is 21.1. The molecule has 0 fully saturated rings. The van der Waals surface area contributed by atoms with E-state index >= 15 is 0 Å². The van der Waals surface area contributed by atoms with E-state index in [1.807, 2.05) is 6.07 Å². The van der Waals surface area contributed by atoms with E-state index in [1.165, 1.54) is 10.9 Å². The van der Waals surface area contributed by atoms with Crippen molar-refractivity contribution in [1.82, 2.24) is 9.78 Å². The summed E-state index contributed by atoms with van der Waals surface area (Å²) in [6.07, 6.45) is 2.84. The van der Waals surface area contributed by atoms with Gasteiger partial charge in [0.25, 0.3) is 0 Å². The fraction of sp³-hybridized carbons (Fsp3) is 0.500. The van der Waals surface area contributed by atoms with Gasteiger partial charge >= 0.3 is 6.03 Å². The third-order valence-corrected chi connectivity index (χ3v) is 7.55. The van der Waals surface area contributed by atoms with E-state index in [4.69, 9.17) is 9.88 Å². The molecule has 2 amide bonds. The number of anilines is 1. The zero-order valence-corrected chi connectivity index (χ0v) is 17.6. The number of alkyl halides is 2. The zero-order valence-electron chi connectivity index (χ0n) is 16.8. The van der Waals surface area contributed by atoms with Gasteiger partial charge in [0.2, 0.25) is 12.3 Å². The Balaban J connectivity index is 1.52. The van der Waals surface area contributed by atoms with Gasteiger partial charge in [-0.25, -0.2) is 27.6 Å². The van der Waals surface area contributed by atoms with E-state index in [-0.39, 0.29) is 10.8 Å². The molecule has 3 aliphatic rings. The molecule has 2 atom stereocenters. The van der Waals surface area contributed by atoms with Crippen LogP contribution in [0.4, 0.5) is 19.3 Å². The van der Waals surface area contributed by atoms with Crippen LogP contribution in [0.25, 0.3) is 0 Å². The van der Waals surface area contributed by atoms with Crippen molar-refractivity contribution in [2.75, 3.05) is 11.9 Å². The SMILES string of the molecule is N[S@](=O)(=NC(=O)Nc1c2c(cc3c1[C@H](C(F)F)CC3)CCC2)c1cnn2c1OCCC2. The van der Waals surface area contributed by atoms with E-state index in [0.29, 0.717) is 43.7 Å². The minimum atomic E-state index is -3.63. The summed E-state index contributed by atoms with van der Waals surface area (Å²) in [4.78, 5) is 12.8. The third-order valence-electron chi connectivity index (χ3n) is 6.20. The average molecular weight is 451 g/mol. The second-order valence-electron chi connectivity index (χ2n) is 8.12. The van der Waals surface area contributed by atoms with Crippen LogP contribution in [0.2, 0.25) is 0 Å². The maximum absolute atomic E-state index is 13.7. The molecule has 0 spiro atoms. The van der Waals surface area contributed by atoms with Crippen LogP contribution < -0.4 is 15.2 Å². The number of nitrogens with zero attached hydrogens (tertiary/aromatic N) is 3. The van der Waals surface area contributed by atoms with E-state index in [0.717, 1.165) is 36.0 Å². The summed E-state index contributed by atoms with van der Waals surface area (Å²) in [6, 6.07) is 1.07. The number of halogens is 2. The lowest BCUT2D eigenvalue weighted by atomic mass is 9.94. The summed E-state index contributed by atoms with van der Waals surface area (Å²) >= 11 is 0. The summed E-state index contributed by atoms with van der Waals surface area (Å²) in [7, 11) is -3.63. The highest BCUT2D eigenvalue weighted by Gasteiger charge is 2.36. The lowest BCUT2D eigenvalue weighted by Crippen LogP contribution is -2.21. The molecule has 1 aliphatic heterocycles. The van der Waals surface area contributed by atoms with Crippen LogP contribution in [0.3, 0.4) is 0 Å². The summed E-state index contributed by atoms with van der Waals surface area (Å²) < 4.78 is 51.2. The van der Waals surface area contributed by atoms with Crippen molar-refractivity contribution in [3.8, 4) is 5.88 Å². The van der Waals surface area contributed by atoms with Gasteiger partial charge in [0.05, 0.1) is 12.8 Å². The van der Waals surface area contributed by atoms with E-state index in [2.05, 4.69) is 14.8 Å². The number of aryl methyl sites for hydroxylation is 3. The third kappa shape index (κ3) is 3.49. The van der Waals surface area contributed by atoms with Crippen molar-refractivity contribution in [3.05, 3.63) is 34.5 Å². The summed E-state index contributed by atoms with van der Waals surface area (Å²) in [5, 5.41) is 12.7. The topological polar surface area (TPSA) is 112 Å². The van der Waals surface area contributed by atoms with Gasteiger partial charge in [0.15, 0.2) is 9.92 Å². The number of rotatable bonds is 3. The molecule has 0 bridgehead atoms. The van der Waals surface area contributed by atoms with Gasteiger partial charge in [-0.3, -0.25) is 0 Å². The Labute approximate surface area is 178 Å². The molecule has 5 rings (SSSR count). The molecule has 3 N–H and O–H groups in total. The maximum atomic E-state index is 13.7. The fourth-order valence-electron chi connectivity index (χ4n) is 4.85. The molecule has 2 aliphatic carbocycles. The first-order chi connectivity index (χ1) is 14.8. The van der Waals surface area contributed by atoms with E-state index in [1.54, 1.807) is 0 Å². The molecule has 0 saturated carbocycles. The number of fused-ring (bicyclic) bond motifs is 3. The molecule has 166 valence electrons. The number of nitrogens with one attached hydrogen (secondary N) is 1. The average Bonchev–Trinajstić information content (AvgIpc) is 3.44. The highest BCUT2D eigenvalue weighted by molar-refractivity contribution is 7.91. The van der Waals surface area contributed by atoms with Gasteiger partial charge in [-0.2, -0.15) is 5.10 Å². The molecule has 0 saturated heterocycles. The number of benzene rings is 1. The molecule has 31 heavy (non-hydrogen) atoms. The maximum Gasteiger partial charge on any atom is 0.354 e. The van der Waals surface area contributed by atoms with Crippen LogP contribution in [0.1, 0.15) is 47.4 Å². The van der Waals surface area contributed by atoms with Crippen molar-refractivity contribution >= 4 is 21.6 Å².